The third kappa shape index (κ3) is 4.92. The van der Waals surface area contributed by atoms with Crippen LogP contribution in [0.1, 0.15) is 17.0 Å². The van der Waals surface area contributed by atoms with Gasteiger partial charge in [-0.1, -0.05) is 15.9 Å². The molecule has 0 saturated carbocycles. The molecule has 6 nitrogen and oxygen atoms in total. The normalized spacial score (nSPS) is 10.4. The first-order valence-electron chi connectivity index (χ1n) is 7.19. The highest BCUT2D eigenvalue weighted by Crippen LogP contribution is 2.19. The quantitative estimate of drug-likeness (QED) is 0.837. The molecule has 0 aliphatic heterocycles. The van der Waals surface area contributed by atoms with Gasteiger partial charge in [0.15, 0.2) is 0 Å². The summed E-state index contributed by atoms with van der Waals surface area (Å²) < 4.78 is 2.56. The zero-order valence-corrected chi connectivity index (χ0v) is 14.9. The minimum absolute atomic E-state index is 0.0758. The van der Waals surface area contributed by atoms with E-state index in [1.165, 1.54) is 0 Å². The van der Waals surface area contributed by atoms with Crippen molar-refractivity contribution in [3.63, 3.8) is 0 Å². The van der Waals surface area contributed by atoms with Crippen LogP contribution in [-0.2, 0) is 16.1 Å². The number of halogens is 1. The number of carbonyl (C=O) groups is 2. The van der Waals surface area contributed by atoms with Crippen LogP contribution >= 0.6 is 15.9 Å². The van der Waals surface area contributed by atoms with E-state index in [2.05, 4.69) is 31.7 Å². The predicted octanol–water partition coefficient (Wildman–Crippen LogP) is 2.33. The second-order valence-corrected chi connectivity index (χ2v) is 6.28. The van der Waals surface area contributed by atoms with Gasteiger partial charge in [-0.2, -0.15) is 5.10 Å². The topological polar surface area (TPSA) is 76.0 Å². The highest BCUT2D eigenvalue weighted by atomic mass is 79.9. The molecule has 1 aromatic carbocycles. The monoisotopic (exact) mass is 378 g/mol. The molecule has 2 aromatic rings. The fraction of sp³-hybridized carbons (Fsp3) is 0.312. The molecule has 0 radical (unpaired) electrons. The summed E-state index contributed by atoms with van der Waals surface area (Å²) >= 11 is 3.37. The van der Waals surface area contributed by atoms with Crippen LogP contribution in [0.3, 0.4) is 0 Å². The van der Waals surface area contributed by atoms with Gasteiger partial charge in [0.1, 0.15) is 6.54 Å². The number of anilines is 1. The Morgan fingerprint density at radius 3 is 2.52 bits per heavy atom. The fourth-order valence-electron chi connectivity index (χ4n) is 2.17. The molecule has 0 unspecified atom stereocenters. The molecule has 0 atom stereocenters. The molecule has 0 aliphatic carbocycles. The summed E-state index contributed by atoms with van der Waals surface area (Å²) in [5.74, 6) is -0.518. The second kappa shape index (κ2) is 7.41. The lowest BCUT2D eigenvalue weighted by molar-refractivity contribution is -0.124. The molecule has 2 N–H and O–H groups in total. The lowest BCUT2D eigenvalue weighted by Crippen LogP contribution is -2.35. The van der Waals surface area contributed by atoms with E-state index >= 15 is 0 Å². The van der Waals surface area contributed by atoms with Crippen molar-refractivity contribution in [2.75, 3.05) is 11.9 Å². The smallest absolute Gasteiger partial charge is 0.243 e. The third-order valence-corrected chi connectivity index (χ3v) is 3.80. The number of amides is 2. The molecule has 1 heterocycles. The van der Waals surface area contributed by atoms with Gasteiger partial charge in [-0.05, 0) is 50.6 Å². The summed E-state index contributed by atoms with van der Waals surface area (Å²) in [6.45, 7) is 5.69. The number of hydrogen-bond acceptors (Lipinski definition) is 3. The van der Waals surface area contributed by atoms with E-state index in [9.17, 15) is 9.59 Å². The van der Waals surface area contributed by atoms with Gasteiger partial charge in [0.2, 0.25) is 11.8 Å². The molecular formula is C16H19BrN4O2. The average molecular weight is 379 g/mol. The van der Waals surface area contributed by atoms with Crippen molar-refractivity contribution in [2.24, 2.45) is 0 Å². The molecule has 0 bridgehead atoms. The lowest BCUT2D eigenvalue weighted by atomic mass is 10.2. The van der Waals surface area contributed by atoms with Crippen molar-refractivity contribution in [1.82, 2.24) is 15.1 Å². The predicted molar refractivity (Wildman–Crippen MR) is 92.2 cm³/mol. The van der Waals surface area contributed by atoms with Gasteiger partial charge in [-0.3, -0.25) is 14.3 Å². The van der Waals surface area contributed by atoms with Crippen LogP contribution in [0.25, 0.3) is 0 Å². The van der Waals surface area contributed by atoms with Gasteiger partial charge in [-0.25, -0.2) is 0 Å². The van der Waals surface area contributed by atoms with Crippen molar-refractivity contribution in [1.29, 1.82) is 0 Å². The molecule has 0 aliphatic rings. The fourth-order valence-corrected chi connectivity index (χ4v) is 2.64. The summed E-state index contributed by atoms with van der Waals surface area (Å²) in [6, 6.07) is 7.48. The van der Waals surface area contributed by atoms with Gasteiger partial charge in [-0.15, -0.1) is 0 Å². The minimum Gasteiger partial charge on any atom is -0.345 e. The van der Waals surface area contributed by atoms with Crippen LogP contribution < -0.4 is 10.6 Å². The number of nitrogens with one attached hydrogen (secondary N) is 2. The van der Waals surface area contributed by atoms with Gasteiger partial charge in [0.25, 0.3) is 0 Å². The number of aryl methyl sites for hydroxylation is 3. The summed E-state index contributed by atoms with van der Waals surface area (Å²) in [7, 11) is 0. The molecule has 122 valence electrons. The molecular weight excluding hydrogens is 360 g/mol. The molecule has 7 heteroatoms. The van der Waals surface area contributed by atoms with Crippen molar-refractivity contribution < 1.29 is 9.59 Å². The summed E-state index contributed by atoms with van der Waals surface area (Å²) in [5.41, 5.74) is 3.44. The number of rotatable bonds is 5. The molecule has 0 spiro atoms. The number of hydrogen-bond donors (Lipinski definition) is 2. The minimum atomic E-state index is -0.267. The Labute approximate surface area is 143 Å². The van der Waals surface area contributed by atoms with Crippen LogP contribution in [-0.4, -0.2) is 28.1 Å². The van der Waals surface area contributed by atoms with E-state index in [-0.39, 0.29) is 24.9 Å². The number of benzene rings is 1. The SMILES string of the molecule is Cc1cc(C)n(CC(=O)NCC(=O)Nc2ccc(Br)cc2C)n1. The van der Waals surface area contributed by atoms with E-state index < -0.39 is 0 Å². The molecule has 2 amide bonds. The molecule has 2 rings (SSSR count). The second-order valence-electron chi connectivity index (χ2n) is 5.37. The molecule has 0 saturated heterocycles. The van der Waals surface area contributed by atoms with E-state index in [0.717, 1.165) is 27.1 Å². The Hall–Kier alpha value is -2.15. The number of carbonyl (C=O) groups excluding carboxylic acids is 2. The van der Waals surface area contributed by atoms with E-state index in [4.69, 9.17) is 0 Å². The Kier molecular flexibility index (Phi) is 5.54. The van der Waals surface area contributed by atoms with E-state index in [1.54, 1.807) is 4.68 Å². The Morgan fingerprint density at radius 2 is 1.91 bits per heavy atom. The van der Waals surface area contributed by atoms with E-state index in [0.29, 0.717) is 0 Å². The Bertz CT molecular complexity index is 740. The van der Waals surface area contributed by atoms with Gasteiger partial charge in [0.05, 0.1) is 12.2 Å². The van der Waals surface area contributed by atoms with Crippen LogP contribution in [0.2, 0.25) is 0 Å². The van der Waals surface area contributed by atoms with Gasteiger partial charge >= 0.3 is 0 Å². The highest BCUT2D eigenvalue weighted by Gasteiger charge is 2.10. The Balaban J connectivity index is 1.84. The van der Waals surface area contributed by atoms with Crippen LogP contribution in [0.4, 0.5) is 5.69 Å². The molecule has 1 aromatic heterocycles. The standard InChI is InChI=1S/C16H19BrN4O2/c1-10-6-13(17)4-5-14(10)19-15(22)8-18-16(23)9-21-12(3)7-11(2)20-21/h4-7H,8-9H2,1-3H3,(H,18,23)(H,19,22). The van der Waals surface area contributed by atoms with Crippen molar-refractivity contribution in [3.05, 3.63) is 45.7 Å². The zero-order valence-electron chi connectivity index (χ0n) is 13.3. The zero-order chi connectivity index (χ0) is 17.0. The maximum Gasteiger partial charge on any atom is 0.243 e. The first-order valence-corrected chi connectivity index (χ1v) is 7.98. The summed E-state index contributed by atoms with van der Waals surface area (Å²) in [6.07, 6.45) is 0. The average Bonchev–Trinajstić information content (AvgIpc) is 2.78. The van der Waals surface area contributed by atoms with Gasteiger partial charge < -0.3 is 10.6 Å². The summed E-state index contributed by atoms with van der Waals surface area (Å²) in [4.78, 5) is 23.8. The first kappa shape index (κ1) is 17.2. The molecule has 0 fully saturated rings. The van der Waals surface area contributed by atoms with Crippen LogP contribution in [0.15, 0.2) is 28.7 Å². The van der Waals surface area contributed by atoms with Crippen LogP contribution in [0, 0.1) is 20.8 Å². The lowest BCUT2D eigenvalue weighted by Gasteiger charge is -2.10. The number of aromatic nitrogens is 2. The first-order chi connectivity index (χ1) is 10.8. The van der Waals surface area contributed by atoms with Crippen molar-refractivity contribution in [3.8, 4) is 0 Å². The van der Waals surface area contributed by atoms with Crippen molar-refractivity contribution in [2.45, 2.75) is 27.3 Å². The van der Waals surface area contributed by atoms with E-state index in [1.807, 2.05) is 45.0 Å². The summed E-state index contributed by atoms with van der Waals surface area (Å²) in [5, 5.41) is 9.59. The maximum atomic E-state index is 11.9. The highest BCUT2D eigenvalue weighted by molar-refractivity contribution is 9.10. The largest absolute Gasteiger partial charge is 0.345 e. The maximum absolute atomic E-state index is 11.9. The van der Waals surface area contributed by atoms with Gasteiger partial charge in [0, 0.05) is 15.9 Å². The van der Waals surface area contributed by atoms with Crippen LogP contribution in [0.5, 0.6) is 0 Å². The Morgan fingerprint density at radius 1 is 1.17 bits per heavy atom. The number of nitrogens with zero attached hydrogens (tertiary/aromatic N) is 2. The third-order valence-electron chi connectivity index (χ3n) is 3.31. The van der Waals surface area contributed by atoms with Crippen molar-refractivity contribution >= 4 is 33.4 Å². The molecule has 23 heavy (non-hydrogen) atoms.